The lowest BCUT2D eigenvalue weighted by Crippen LogP contribution is -2.13. The lowest BCUT2D eigenvalue weighted by atomic mass is 10.3. The summed E-state index contributed by atoms with van der Waals surface area (Å²) in [6.45, 7) is 2.17. The molecule has 0 fully saturated rings. The van der Waals surface area contributed by atoms with Crippen molar-refractivity contribution in [1.82, 2.24) is 0 Å². The smallest absolute Gasteiger partial charge is 0.239 e. The Kier molecular flexibility index (Phi) is 4.82. The Morgan fingerprint density at radius 3 is 2.53 bits per heavy atom. The van der Waals surface area contributed by atoms with Crippen molar-refractivity contribution in [1.29, 1.82) is 0 Å². The molecular weight excluding hydrogens is 285 g/mol. The highest BCUT2D eigenvalue weighted by Crippen LogP contribution is 2.36. The van der Waals surface area contributed by atoms with Gasteiger partial charge < -0.3 is 4.74 Å². The van der Waals surface area contributed by atoms with Crippen molar-refractivity contribution in [2.45, 2.75) is 11.8 Å². The maximum atomic E-state index is 11.2. The quantitative estimate of drug-likeness (QED) is 0.868. The summed E-state index contributed by atoms with van der Waals surface area (Å²) < 4.78 is 27.6. The van der Waals surface area contributed by atoms with Crippen LogP contribution in [0.3, 0.4) is 0 Å². The van der Waals surface area contributed by atoms with Crippen LogP contribution in [-0.2, 0) is 10.0 Å². The Hall–Kier alpha value is -0.750. The molecule has 0 radical (unpaired) electrons. The molecule has 0 saturated carbocycles. The molecule has 1 aromatic carbocycles. The van der Waals surface area contributed by atoms with E-state index in [0.717, 1.165) is 0 Å². The van der Waals surface area contributed by atoms with Gasteiger partial charge in [-0.05, 0) is 19.1 Å². The molecule has 1 aromatic rings. The topological polar surface area (TPSA) is 69.4 Å². The first-order valence-electron chi connectivity index (χ1n) is 4.62. The van der Waals surface area contributed by atoms with E-state index in [0.29, 0.717) is 12.4 Å². The number of hydrogen-bond donors (Lipinski definition) is 1. The lowest BCUT2D eigenvalue weighted by molar-refractivity contribution is 0.362. The SMILES string of the molecule is C/C=C/COc1ccc(S(N)(=O)=O)c(Cl)c1Cl. The van der Waals surface area contributed by atoms with Gasteiger partial charge in [0.05, 0.1) is 5.02 Å². The number of primary sulfonamides is 1. The summed E-state index contributed by atoms with van der Waals surface area (Å²) in [6, 6.07) is 2.67. The summed E-state index contributed by atoms with van der Waals surface area (Å²) in [5, 5.41) is 4.87. The molecule has 0 aliphatic carbocycles. The second-order valence-electron chi connectivity index (χ2n) is 3.11. The number of rotatable bonds is 4. The summed E-state index contributed by atoms with van der Waals surface area (Å²) in [4.78, 5) is -0.220. The summed E-state index contributed by atoms with van der Waals surface area (Å²) in [7, 11) is -3.88. The van der Waals surface area contributed by atoms with Crippen molar-refractivity contribution in [3.05, 3.63) is 34.3 Å². The number of allylic oxidation sites excluding steroid dienone is 1. The first kappa shape index (κ1) is 14.3. The van der Waals surface area contributed by atoms with Crippen LogP contribution in [0.25, 0.3) is 0 Å². The normalized spacial score (nSPS) is 12.0. The minimum atomic E-state index is -3.88. The summed E-state index contributed by atoms with van der Waals surface area (Å²) in [6.07, 6.45) is 3.59. The van der Waals surface area contributed by atoms with Crippen LogP contribution in [0.4, 0.5) is 0 Å². The molecule has 1 rings (SSSR count). The first-order chi connectivity index (χ1) is 7.88. The zero-order valence-electron chi connectivity index (χ0n) is 8.98. The first-order valence-corrected chi connectivity index (χ1v) is 6.93. The fourth-order valence-electron chi connectivity index (χ4n) is 1.08. The van der Waals surface area contributed by atoms with Gasteiger partial charge in [-0.3, -0.25) is 0 Å². The molecular formula is C10H11Cl2NO3S. The second kappa shape index (κ2) is 5.73. The lowest BCUT2D eigenvalue weighted by Gasteiger charge is -2.09. The van der Waals surface area contributed by atoms with Gasteiger partial charge in [-0.2, -0.15) is 0 Å². The molecule has 0 aliphatic rings. The minimum absolute atomic E-state index is 0.0303. The van der Waals surface area contributed by atoms with Crippen molar-refractivity contribution >= 4 is 33.2 Å². The molecule has 7 heteroatoms. The molecule has 2 N–H and O–H groups in total. The van der Waals surface area contributed by atoms with Crippen LogP contribution in [0.5, 0.6) is 5.75 Å². The number of ether oxygens (including phenoxy) is 1. The number of benzene rings is 1. The van der Waals surface area contributed by atoms with Gasteiger partial charge in [0, 0.05) is 0 Å². The molecule has 0 unspecified atom stereocenters. The van der Waals surface area contributed by atoms with E-state index in [1.54, 1.807) is 6.08 Å². The van der Waals surface area contributed by atoms with Crippen LogP contribution in [0, 0.1) is 0 Å². The molecule has 17 heavy (non-hydrogen) atoms. The zero-order chi connectivity index (χ0) is 13.1. The highest BCUT2D eigenvalue weighted by atomic mass is 35.5. The third-order valence-corrected chi connectivity index (χ3v) is 3.82. The Morgan fingerprint density at radius 2 is 2.00 bits per heavy atom. The van der Waals surface area contributed by atoms with Crippen LogP contribution in [0.15, 0.2) is 29.2 Å². The fourth-order valence-corrected chi connectivity index (χ4v) is 2.44. The molecule has 0 atom stereocenters. The number of halogens is 2. The molecule has 0 aromatic heterocycles. The van der Waals surface area contributed by atoms with Gasteiger partial charge in [0.25, 0.3) is 0 Å². The van der Waals surface area contributed by atoms with E-state index in [1.165, 1.54) is 12.1 Å². The summed E-state index contributed by atoms with van der Waals surface area (Å²) in [5.74, 6) is 0.308. The van der Waals surface area contributed by atoms with E-state index in [4.69, 9.17) is 33.1 Å². The molecule has 0 aliphatic heterocycles. The van der Waals surface area contributed by atoms with Crippen LogP contribution >= 0.6 is 23.2 Å². The van der Waals surface area contributed by atoms with Crippen LogP contribution < -0.4 is 9.88 Å². The van der Waals surface area contributed by atoms with Gasteiger partial charge in [0.2, 0.25) is 10.0 Å². The Morgan fingerprint density at radius 1 is 1.35 bits per heavy atom. The van der Waals surface area contributed by atoms with Crippen molar-refractivity contribution in [3.8, 4) is 5.75 Å². The number of hydrogen-bond acceptors (Lipinski definition) is 3. The van der Waals surface area contributed by atoms with Crippen LogP contribution in [-0.4, -0.2) is 15.0 Å². The van der Waals surface area contributed by atoms with Crippen LogP contribution in [0.1, 0.15) is 6.92 Å². The molecule has 0 bridgehead atoms. The molecule has 0 saturated heterocycles. The molecule has 94 valence electrons. The van der Waals surface area contributed by atoms with Gasteiger partial charge in [-0.25, -0.2) is 13.6 Å². The molecule has 0 amide bonds. The Balaban J connectivity index is 3.11. The Labute approximate surface area is 110 Å². The van der Waals surface area contributed by atoms with E-state index < -0.39 is 10.0 Å². The van der Waals surface area contributed by atoms with Crippen molar-refractivity contribution in [2.24, 2.45) is 5.14 Å². The summed E-state index contributed by atoms with van der Waals surface area (Å²) in [5.41, 5.74) is 0. The number of nitrogens with two attached hydrogens (primary N) is 1. The van der Waals surface area contributed by atoms with Gasteiger partial charge in [-0.15, -0.1) is 0 Å². The van der Waals surface area contributed by atoms with E-state index in [1.807, 2.05) is 13.0 Å². The van der Waals surface area contributed by atoms with Gasteiger partial charge in [-0.1, -0.05) is 35.4 Å². The fraction of sp³-hybridized carbons (Fsp3) is 0.200. The monoisotopic (exact) mass is 295 g/mol. The van der Waals surface area contributed by atoms with E-state index in [-0.39, 0.29) is 14.9 Å². The summed E-state index contributed by atoms with van der Waals surface area (Å²) >= 11 is 11.7. The van der Waals surface area contributed by atoms with Gasteiger partial charge >= 0.3 is 0 Å². The second-order valence-corrected chi connectivity index (χ2v) is 5.40. The largest absolute Gasteiger partial charge is 0.488 e. The minimum Gasteiger partial charge on any atom is -0.488 e. The van der Waals surface area contributed by atoms with Crippen LogP contribution in [0.2, 0.25) is 10.0 Å². The number of sulfonamides is 1. The third kappa shape index (κ3) is 3.61. The van der Waals surface area contributed by atoms with Gasteiger partial charge in [0.15, 0.2) is 0 Å². The molecule has 0 heterocycles. The van der Waals surface area contributed by atoms with E-state index in [9.17, 15) is 8.42 Å². The Bertz CT molecular complexity index is 541. The molecule has 4 nitrogen and oxygen atoms in total. The highest BCUT2D eigenvalue weighted by molar-refractivity contribution is 7.89. The maximum Gasteiger partial charge on any atom is 0.239 e. The van der Waals surface area contributed by atoms with E-state index >= 15 is 0 Å². The van der Waals surface area contributed by atoms with Crippen molar-refractivity contribution in [2.75, 3.05) is 6.61 Å². The average Bonchev–Trinajstić information content (AvgIpc) is 2.23. The predicted molar refractivity (Wildman–Crippen MR) is 68.1 cm³/mol. The third-order valence-electron chi connectivity index (χ3n) is 1.89. The van der Waals surface area contributed by atoms with Gasteiger partial charge in [0.1, 0.15) is 22.3 Å². The maximum absolute atomic E-state index is 11.2. The predicted octanol–water partition coefficient (Wildman–Crippen LogP) is 2.60. The zero-order valence-corrected chi connectivity index (χ0v) is 11.3. The van der Waals surface area contributed by atoms with Crippen molar-refractivity contribution in [3.63, 3.8) is 0 Å². The average molecular weight is 296 g/mol. The molecule has 0 spiro atoms. The standard InChI is InChI=1S/C10H11Cl2NO3S/c1-2-3-6-16-7-4-5-8(17(13,14)15)10(12)9(7)11/h2-5H,6H2,1H3,(H2,13,14,15)/b3-2+. The van der Waals surface area contributed by atoms with Crippen molar-refractivity contribution < 1.29 is 13.2 Å². The van der Waals surface area contributed by atoms with E-state index in [2.05, 4.69) is 0 Å². The highest BCUT2D eigenvalue weighted by Gasteiger charge is 2.18.